The summed E-state index contributed by atoms with van der Waals surface area (Å²) in [5, 5.41) is 3.37. The van der Waals surface area contributed by atoms with Crippen molar-refractivity contribution in [3.05, 3.63) is 35.5 Å². The number of ether oxygens (including phenoxy) is 1. The molecule has 0 spiro atoms. The van der Waals surface area contributed by atoms with Gasteiger partial charge in [-0.1, -0.05) is 0 Å². The molecule has 1 unspecified atom stereocenters. The van der Waals surface area contributed by atoms with E-state index in [9.17, 15) is 0 Å². The van der Waals surface area contributed by atoms with Crippen LogP contribution in [0.3, 0.4) is 0 Å². The summed E-state index contributed by atoms with van der Waals surface area (Å²) in [6, 6.07) is 5.87. The normalized spacial score (nSPS) is 19.6. The lowest BCUT2D eigenvalue weighted by molar-refractivity contribution is 0.0742. The highest BCUT2D eigenvalue weighted by Crippen LogP contribution is 2.22. The second kappa shape index (κ2) is 5.11. The van der Waals surface area contributed by atoms with E-state index in [4.69, 9.17) is 9.15 Å². The molecule has 2 aromatic rings. The molecule has 1 aliphatic heterocycles. The van der Waals surface area contributed by atoms with Crippen molar-refractivity contribution in [1.82, 2.24) is 15.3 Å². The van der Waals surface area contributed by atoms with E-state index in [1.807, 2.05) is 32.0 Å². The van der Waals surface area contributed by atoms with Crippen molar-refractivity contribution in [3.63, 3.8) is 0 Å². The number of nitrogens with one attached hydrogen (secondary N) is 1. The van der Waals surface area contributed by atoms with Gasteiger partial charge in [-0.05, 0) is 32.0 Å². The van der Waals surface area contributed by atoms with Gasteiger partial charge >= 0.3 is 0 Å². The van der Waals surface area contributed by atoms with Crippen molar-refractivity contribution in [2.24, 2.45) is 0 Å². The first kappa shape index (κ1) is 12.3. The summed E-state index contributed by atoms with van der Waals surface area (Å²) < 4.78 is 11.1. The van der Waals surface area contributed by atoms with Crippen LogP contribution < -0.4 is 5.32 Å². The highest BCUT2D eigenvalue weighted by atomic mass is 16.5. The van der Waals surface area contributed by atoms with Gasteiger partial charge in [0.25, 0.3) is 0 Å². The van der Waals surface area contributed by atoms with E-state index in [0.29, 0.717) is 6.61 Å². The Bertz CT molecular complexity index is 574. The Morgan fingerprint density at radius 1 is 1.26 bits per heavy atom. The minimum absolute atomic E-state index is 0.0588. The van der Waals surface area contributed by atoms with Crippen molar-refractivity contribution in [2.75, 3.05) is 19.8 Å². The number of morpholine rings is 1. The number of hydrogen-bond donors (Lipinski definition) is 1. The van der Waals surface area contributed by atoms with Gasteiger partial charge in [-0.2, -0.15) is 0 Å². The average Bonchev–Trinajstić information content (AvgIpc) is 2.86. The van der Waals surface area contributed by atoms with Gasteiger partial charge in [-0.25, -0.2) is 9.97 Å². The monoisotopic (exact) mass is 259 g/mol. The molecule has 0 amide bonds. The van der Waals surface area contributed by atoms with Crippen LogP contribution in [0.15, 0.2) is 22.6 Å². The fourth-order valence-corrected chi connectivity index (χ4v) is 2.18. The average molecular weight is 259 g/mol. The highest BCUT2D eigenvalue weighted by molar-refractivity contribution is 5.52. The van der Waals surface area contributed by atoms with Crippen LogP contribution in [0.5, 0.6) is 0 Å². The van der Waals surface area contributed by atoms with E-state index in [-0.39, 0.29) is 6.04 Å². The van der Waals surface area contributed by atoms with Crippen LogP contribution in [-0.4, -0.2) is 29.7 Å². The molecule has 3 heterocycles. The molecule has 1 fully saturated rings. The van der Waals surface area contributed by atoms with Crippen LogP contribution in [-0.2, 0) is 4.74 Å². The molecule has 0 bridgehead atoms. The highest BCUT2D eigenvalue weighted by Gasteiger charge is 2.19. The van der Waals surface area contributed by atoms with Crippen molar-refractivity contribution in [3.8, 4) is 11.5 Å². The Morgan fingerprint density at radius 2 is 2.16 bits per heavy atom. The van der Waals surface area contributed by atoms with Gasteiger partial charge in [0.2, 0.25) is 0 Å². The molecule has 5 heteroatoms. The quantitative estimate of drug-likeness (QED) is 0.894. The molecule has 3 rings (SSSR count). The van der Waals surface area contributed by atoms with Crippen LogP contribution in [0.2, 0.25) is 0 Å². The van der Waals surface area contributed by atoms with Crippen LogP contribution in [0.4, 0.5) is 0 Å². The Balaban J connectivity index is 1.95. The molecule has 1 aliphatic rings. The molecule has 0 saturated carbocycles. The standard InChI is InChI=1S/C14H17N3O2/c1-9-7-11(13-4-3-10(2)19-13)17-14(16-9)12-8-18-6-5-15-12/h3-4,7,12,15H,5-6,8H2,1-2H3. The third-order valence-electron chi connectivity index (χ3n) is 3.10. The molecule has 5 nitrogen and oxygen atoms in total. The van der Waals surface area contributed by atoms with Crippen molar-refractivity contribution < 1.29 is 9.15 Å². The number of aryl methyl sites for hydroxylation is 2. The minimum Gasteiger partial charge on any atom is -0.460 e. The van der Waals surface area contributed by atoms with Crippen LogP contribution in [0.25, 0.3) is 11.5 Å². The Labute approximate surface area is 112 Å². The third-order valence-corrected chi connectivity index (χ3v) is 3.10. The molecular formula is C14H17N3O2. The Hall–Kier alpha value is -1.72. The van der Waals surface area contributed by atoms with Gasteiger partial charge < -0.3 is 14.5 Å². The number of nitrogens with zero attached hydrogens (tertiary/aromatic N) is 2. The van der Waals surface area contributed by atoms with Crippen molar-refractivity contribution in [1.29, 1.82) is 0 Å². The first-order chi connectivity index (χ1) is 9.22. The maximum Gasteiger partial charge on any atom is 0.152 e. The van der Waals surface area contributed by atoms with Crippen molar-refractivity contribution >= 4 is 0 Å². The van der Waals surface area contributed by atoms with Crippen LogP contribution in [0.1, 0.15) is 23.3 Å². The van der Waals surface area contributed by atoms with Gasteiger partial charge in [0.1, 0.15) is 17.3 Å². The number of aromatic nitrogens is 2. The molecule has 1 saturated heterocycles. The smallest absolute Gasteiger partial charge is 0.152 e. The topological polar surface area (TPSA) is 60.2 Å². The first-order valence-electron chi connectivity index (χ1n) is 6.46. The van der Waals surface area contributed by atoms with Gasteiger partial charge in [0.15, 0.2) is 5.76 Å². The number of rotatable bonds is 2. The van der Waals surface area contributed by atoms with E-state index in [2.05, 4.69) is 15.3 Å². The molecule has 0 radical (unpaired) electrons. The van der Waals surface area contributed by atoms with E-state index < -0.39 is 0 Å². The predicted octanol–water partition coefficient (Wildman–Crippen LogP) is 2.01. The number of furan rings is 1. The van der Waals surface area contributed by atoms with Gasteiger partial charge in [-0.3, -0.25) is 0 Å². The zero-order valence-electron chi connectivity index (χ0n) is 11.1. The summed E-state index contributed by atoms with van der Waals surface area (Å²) in [5.74, 6) is 2.43. The SMILES string of the molecule is Cc1cc(-c2ccc(C)o2)nc(C2COCCN2)n1. The Morgan fingerprint density at radius 3 is 2.84 bits per heavy atom. The van der Waals surface area contributed by atoms with E-state index in [1.54, 1.807) is 0 Å². The number of hydrogen-bond acceptors (Lipinski definition) is 5. The fraction of sp³-hybridized carbons (Fsp3) is 0.429. The van der Waals surface area contributed by atoms with Crippen LogP contribution in [0, 0.1) is 13.8 Å². The molecule has 0 aliphatic carbocycles. The molecule has 1 atom stereocenters. The molecule has 100 valence electrons. The van der Waals surface area contributed by atoms with Gasteiger partial charge in [0.05, 0.1) is 19.3 Å². The van der Waals surface area contributed by atoms with Crippen molar-refractivity contribution in [2.45, 2.75) is 19.9 Å². The maximum atomic E-state index is 5.62. The first-order valence-corrected chi connectivity index (χ1v) is 6.46. The van der Waals surface area contributed by atoms with E-state index >= 15 is 0 Å². The summed E-state index contributed by atoms with van der Waals surface area (Å²) in [7, 11) is 0. The molecule has 19 heavy (non-hydrogen) atoms. The van der Waals surface area contributed by atoms with E-state index in [1.165, 1.54) is 0 Å². The largest absolute Gasteiger partial charge is 0.460 e. The lowest BCUT2D eigenvalue weighted by Crippen LogP contribution is -2.35. The van der Waals surface area contributed by atoms with Crippen LogP contribution >= 0.6 is 0 Å². The zero-order chi connectivity index (χ0) is 13.2. The van der Waals surface area contributed by atoms with E-state index in [0.717, 1.165) is 41.9 Å². The lowest BCUT2D eigenvalue weighted by Gasteiger charge is -2.22. The second-order valence-electron chi connectivity index (χ2n) is 4.74. The van der Waals surface area contributed by atoms with Gasteiger partial charge in [0, 0.05) is 12.2 Å². The minimum atomic E-state index is 0.0588. The molecular weight excluding hydrogens is 242 g/mol. The lowest BCUT2D eigenvalue weighted by atomic mass is 10.2. The zero-order valence-corrected chi connectivity index (χ0v) is 11.1. The third kappa shape index (κ3) is 2.67. The summed E-state index contributed by atoms with van der Waals surface area (Å²) >= 11 is 0. The summed E-state index contributed by atoms with van der Waals surface area (Å²) in [4.78, 5) is 9.09. The fourth-order valence-electron chi connectivity index (χ4n) is 2.18. The summed E-state index contributed by atoms with van der Waals surface area (Å²) in [5.41, 5.74) is 1.75. The second-order valence-corrected chi connectivity index (χ2v) is 4.74. The molecule has 0 aromatic carbocycles. The maximum absolute atomic E-state index is 5.62. The summed E-state index contributed by atoms with van der Waals surface area (Å²) in [6.07, 6.45) is 0. The van der Waals surface area contributed by atoms with Gasteiger partial charge in [-0.15, -0.1) is 0 Å². The summed E-state index contributed by atoms with van der Waals surface area (Å²) in [6.45, 7) is 6.08. The Kier molecular flexibility index (Phi) is 3.31. The predicted molar refractivity (Wildman–Crippen MR) is 70.8 cm³/mol. The molecule has 1 N–H and O–H groups in total. The molecule has 2 aromatic heterocycles.